The molecule has 144 valence electrons. The number of hydrogen-bond acceptors (Lipinski definition) is 6. The van der Waals surface area contributed by atoms with Crippen molar-refractivity contribution in [3.05, 3.63) is 41.7 Å². The summed E-state index contributed by atoms with van der Waals surface area (Å²) in [5.41, 5.74) is 1.93. The Morgan fingerprint density at radius 1 is 1.11 bits per heavy atom. The van der Waals surface area contributed by atoms with Crippen LogP contribution in [0.4, 0.5) is 22.1 Å². The first-order valence-corrected chi connectivity index (χ1v) is 9.14. The highest BCUT2D eigenvalue weighted by Gasteiger charge is 2.14. The molecular formula is C19H26N6O2. The third kappa shape index (κ3) is 5.82. The first-order valence-electron chi connectivity index (χ1n) is 9.14. The van der Waals surface area contributed by atoms with Gasteiger partial charge in [0.2, 0.25) is 0 Å². The van der Waals surface area contributed by atoms with Gasteiger partial charge in [0.25, 0.3) is 0 Å². The van der Waals surface area contributed by atoms with Crippen molar-refractivity contribution >= 4 is 23.4 Å². The lowest BCUT2D eigenvalue weighted by molar-refractivity contribution is 0.122. The number of rotatable bonds is 6. The van der Waals surface area contributed by atoms with E-state index in [0.29, 0.717) is 32.1 Å². The predicted molar refractivity (Wildman–Crippen MR) is 106 cm³/mol. The molecule has 1 fully saturated rings. The number of hydrogen-bond donors (Lipinski definition) is 3. The van der Waals surface area contributed by atoms with Gasteiger partial charge in [-0.25, -0.2) is 14.8 Å². The molecule has 1 saturated heterocycles. The predicted octanol–water partition coefficient (Wildman–Crippen LogP) is 2.16. The number of nitrogens with one attached hydrogen (secondary N) is 3. The Balaban J connectivity index is 1.45. The summed E-state index contributed by atoms with van der Waals surface area (Å²) >= 11 is 0. The first-order chi connectivity index (χ1) is 13.1. The first kappa shape index (κ1) is 18.9. The second-order valence-corrected chi connectivity index (χ2v) is 6.43. The zero-order valence-electron chi connectivity index (χ0n) is 15.8. The lowest BCUT2D eigenvalue weighted by Crippen LogP contribution is -2.37. The zero-order chi connectivity index (χ0) is 19.1. The van der Waals surface area contributed by atoms with Gasteiger partial charge in [-0.15, -0.1) is 0 Å². The monoisotopic (exact) mass is 370 g/mol. The number of aryl methyl sites for hydroxylation is 2. The van der Waals surface area contributed by atoms with Gasteiger partial charge in [-0.1, -0.05) is 17.7 Å². The minimum Gasteiger partial charge on any atom is -0.378 e. The van der Waals surface area contributed by atoms with Gasteiger partial charge in [-0.05, 0) is 26.0 Å². The molecule has 0 spiro atoms. The minimum absolute atomic E-state index is 0.228. The maximum atomic E-state index is 11.9. The second-order valence-electron chi connectivity index (χ2n) is 6.43. The molecule has 3 rings (SSSR count). The minimum atomic E-state index is -0.228. The Kier molecular flexibility index (Phi) is 6.43. The molecular weight excluding hydrogens is 344 g/mol. The average Bonchev–Trinajstić information content (AvgIpc) is 2.67. The number of anilines is 3. The van der Waals surface area contributed by atoms with Gasteiger partial charge >= 0.3 is 6.03 Å². The highest BCUT2D eigenvalue weighted by Crippen LogP contribution is 2.17. The zero-order valence-corrected chi connectivity index (χ0v) is 15.8. The second kappa shape index (κ2) is 9.18. The molecule has 0 bridgehead atoms. The molecule has 2 amide bonds. The van der Waals surface area contributed by atoms with Crippen molar-refractivity contribution in [3.8, 4) is 0 Å². The van der Waals surface area contributed by atoms with E-state index in [1.54, 1.807) is 0 Å². The Hall–Kier alpha value is -2.87. The molecule has 3 N–H and O–H groups in total. The van der Waals surface area contributed by atoms with Crippen LogP contribution in [0.1, 0.15) is 11.4 Å². The SMILES string of the molecule is Cc1ccc(NC(=O)NCCNc2cc(N3CCOCC3)nc(C)n2)cc1. The number of nitrogens with zero attached hydrogens (tertiary/aromatic N) is 3. The van der Waals surface area contributed by atoms with Crippen molar-refractivity contribution in [1.29, 1.82) is 0 Å². The van der Waals surface area contributed by atoms with Crippen molar-refractivity contribution < 1.29 is 9.53 Å². The normalized spacial score (nSPS) is 13.9. The van der Waals surface area contributed by atoms with E-state index in [-0.39, 0.29) is 6.03 Å². The topological polar surface area (TPSA) is 91.4 Å². The summed E-state index contributed by atoms with van der Waals surface area (Å²) < 4.78 is 5.39. The molecule has 1 aliphatic heterocycles. The molecule has 8 nitrogen and oxygen atoms in total. The molecule has 27 heavy (non-hydrogen) atoms. The van der Waals surface area contributed by atoms with Crippen molar-refractivity contribution in [2.24, 2.45) is 0 Å². The highest BCUT2D eigenvalue weighted by molar-refractivity contribution is 5.89. The number of aromatic nitrogens is 2. The van der Waals surface area contributed by atoms with Crippen molar-refractivity contribution in [3.63, 3.8) is 0 Å². The summed E-state index contributed by atoms with van der Waals surface area (Å²) in [5, 5.41) is 8.87. The number of urea groups is 1. The number of ether oxygens (including phenoxy) is 1. The summed E-state index contributed by atoms with van der Waals surface area (Å²) in [5.74, 6) is 2.37. The number of benzene rings is 1. The molecule has 0 saturated carbocycles. The smallest absolute Gasteiger partial charge is 0.319 e. The van der Waals surface area contributed by atoms with E-state index in [2.05, 4.69) is 30.8 Å². The van der Waals surface area contributed by atoms with E-state index < -0.39 is 0 Å². The van der Waals surface area contributed by atoms with Crippen LogP contribution in [0.3, 0.4) is 0 Å². The van der Waals surface area contributed by atoms with E-state index >= 15 is 0 Å². The Morgan fingerprint density at radius 3 is 2.59 bits per heavy atom. The van der Waals surface area contributed by atoms with E-state index in [0.717, 1.165) is 36.0 Å². The van der Waals surface area contributed by atoms with Crippen LogP contribution in [0.2, 0.25) is 0 Å². The maximum absolute atomic E-state index is 11.9. The number of carbonyl (C=O) groups is 1. The van der Waals surface area contributed by atoms with E-state index in [1.807, 2.05) is 44.2 Å². The summed E-state index contributed by atoms with van der Waals surface area (Å²) in [6.45, 7) is 8.02. The summed E-state index contributed by atoms with van der Waals surface area (Å²) in [4.78, 5) is 23.0. The third-order valence-electron chi connectivity index (χ3n) is 4.19. The molecule has 0 atom stereocenters. The molecule has 0 aliphatic carbocycles. The average molecular weight is 370 g/mol. The van der Waals surface area contributed by atoms with Crippen LogP contribution >= 0.6 is 0 Å². The van der Waals surface area contributed by atoms with Gasteiger partial charge < -0.3 is 25.6 Å². The van der Waals surface area contributed by atoms with Crippen LogP contribution in [0, 0.1) is 13.8 Å². The number of carbonyl (C=O) groups excluding carboxylic acids is 1. The van der Waals surface area contributed by atoms with Crippen LogP contribution in [0.15, 0.2) is 30.3 Å². The highest BCUT2D eigenvalue weighted by atomic mass is 16.5. The van der Waals surface area contributed by atoms with Gasteiger partial charge in [-0.3, -0.25) is 0 Å². The molecule has 1 aromatic carbocycles. The maximum Gasteiger partial charge on any atom is 0.319 e. The molecule has 8 heteroatoms. The lowest BCUT2D eigenvalue weighted by Gasteiger charge is -2.28. The van der Waals surface area contributed by atoms with Crippen LogP contribution in [-0.2, 0) is 4.74 Å². The molecule has 1 aliphatic rings. The fraction of sp³-hybridized carbons (Fsp3) is 0.421. The quantitative estimate of drug-likeness (QED) is 0.675. The fourth-order valence-corrected chi connectivity index (χ4v) is 2.78. The van der Waals surface area contributed by atoms with E-state index in [9.17, 15) is 4.79 Å². The van der Waals surface area contributed by atoms with Crippen molar-refractivity contribution in [2.45, 2.75) is 13.8 Å². The Labute approximate surface area is 159 Å². The van der Waals surface area contributed by atoms with E-state index in [4.69, 9.17) is 4.74 Å². The fourth-order valence-electron chi connectivity index (χ4n) is 2.78. The summed E-state index contributed by atoms with van der Waals surface area (Å²) in [6.07, 6.45) is 0. The van der Waals surface area contributed by atoms with Gasteiger partial charge in [0.15, 0.2) is 0 Å². The molecule has 2 aromatic rings. The van der Waals surface area contributed by atoms with Crippen molar-refractivity contribution in [2.75, 3.05) is 54.9 Å². The Morgan fingerprint density at radius 2 is 1.85 bits per heavy atom. The molecule has 2 heterocycles. The van der Waals surface area contributed by atoms with E-state index in [1.165, 1.54) is 0 Å². The van der Waals surface area contributed by atoms with Crippen LogP contribution in [0.5, 0.6) is 0 Å². The molecule has 0 radical (unpaired) electrons. The summed E-state index contributed by atoms with van der Waals surface area (Å²) in [7, 11) is 0. The van der Waals surface area contributed by atoms with Gasteiger partial charge in [0.1, 0.15) is 17.5 Å². The number of amides is 2. The van der Waals surface area contributed by atoms with Crippen LogP contribution in [0.25, 0.3) is 0 Å². The van der Waals surface area contributed by atoms with Crippen LogP contribution in [-0.4, -0.2) is 55.4 Å². The number of morpholine rings is 1. The Bertz CT molecular complexity index is 759. The lowest BCUT2D eigenvalue weighted by atomic mass is 10.2. The largest absolute Gasteiger partial charge is 0.378 e. The van der Waals surface area contributed by atoms with Crippen LogP contribution < -0.4 is 20.9 Å². The van der Waals surface area contributed by atoms with Crippen molar-refractivity contribution in [1.82, 2.24) is 15.3 Å². The van der Waals surface area contributed by atoms with Gasteiger partial charge in [-0.2, -0.15) is 0 Å². The van der Waals surface area contributed by atoms with Gasteiger partial charge in [0, 0.05) is 37.9 Å². The standard InChI is InChI=1S/C19H26N6O2/c1-14-3-5-16(6-4-14)24-19(26)21-8-7-20-17-13-18(23-15(2)22-17)25-9-11-27-12-10-25/h3-6,13H,7-12H2,1-2H3,(H,20,22,23)(H2,21,24,26). The van der Waals surface area contributed by atoms with Gasteiger partial charge in [0.05, 0.1) is 13.2 Å². The molecule has 0 unspecified atom stereocenters. The molecule has 1 aromatic heterocycles. The third-order valence-corrected chi connectivity index (χ3v) is 4.19. The summed E-state index contributed by atoms with van der Waals surface area (Å²) in [6, 6.07) is 9.38.